The summed E-state index contributed by atoms with van der Waals surface area (Å²) in [5.41, 5.74) is 1.34. The van der Waals surface area contributed by atoms with Crippen molar-refractivity contribution in [2.24, 2.45) is 0 Å². The summed E-state index contributed by atoms with van der Waals surface area (Å²) < 4.78 is 0. The Labute approximate surface area is 166 Å². The van der Waals surface area contributed by atoms with Gasteiger partial charge in [-0.05, 0) is 54.1 Å². The predicted molar refractivity (Wildman–Crippen MR) is 108 cm³/mol. The minimum Gasteiger partial charge on any atom is -0.310 e. The lowest BCUT2D eigenvalue weighted by atomic mass is 9.87. The number of urea groups is 1. The summed E-state index contributed by atoms with van der Waals surface area (Å²) in [7, 11) is 0. The van der Waals surface area contributed by atoms with E-state index in [2.05, 4.69) is 39.8 Å². The number of amides is 2. The predicted octanol–water partition coefficient (Wildman–Crippen LogP) is 4.60. The number of carbonyl (C=O) groups is 2. The highest BCUT2D eigenvalue weighted by Crippen LogP contribution is 2.34. The maximum Gasteiger partial charge on any atom is 0.344 e. The first-order valence-corrected chi connectivity index (χ1v) is 10.7. The number of carbonyl (C=O) groups excluding carboxylic acids is 2. The monoisotopic (exact) mass is 390 g/mol. The average Bonchev–Trinajstić information content (AvgIpc) is 2.86. The molecule has 2 aliphatic rings. The molecule has 0 saturated carbocycles. The fourth-order valence-electron chi connectivity index (χ4n) is 3.56. The van der Waals surface area contributed by atoms with Gasteiger partial charge in [-0.25, -0.2) is 4.79 Å². The van der Waals surface area contributed by atoms with Crippen molar-refractivity contribution in [2.45, 2.75) is 75.8 Å². The second kappa shape index (κ2) is 8.23. The second-order valence-electron chi connectivity index (χ2n) is 8.39. The van der Waals surface area contributed by atoms with Gasteiger partial charge < -0.3 is 4.90 Å². The Kier molecular flexibility index (Phi) is 6.16. The highest BCUT2D eigenvalue weighted by atomic mass is 32.2. The number of piperidine rings is 1. The minimum absolute atomic E-state index is 0.0423. The number of benzene rings is 1. The molecule has 5 nitrogen and oxygen atoms in total. The first kappa shape index (κ1) is 20.2. The summed E-state index contributed by atoms with van der Waals surface area (Å²) >= 11 is 1.24. The smallest absolute Gasteiger partial charge is 0.310 e. The second-order valence-corrected chi connectivity index (χ2v) is 9.47. The van der Waals surface area contributed by atoms with E-state index in [-0.39, 0.29) is 28.6 Å². The van der Waals surface area contributed by atoms with Gasteiger partial charge >= 0.3 is 6.03 Å². The zero-order valence-electron chi connectivity index (χ0n) is 16.7. The molecular formula is C21H30N2O3S. The van der Waals surface area contributed by atoms with Crippen molar-refractivity contribution in [3.05, 3.63) is 29.8 Å². The van der Waals surface area contributed by atoms with Gasteiger partial charge in [-0.15, -0.1) is 0 Å². The Morgan fingerprint density at radius 3 is 2.56 bits per heavy atom. The highest BCUT2D eigenvalue weighted by molar-refractivity contribution is 8.13. The van der Waals surface area contributed by atoms with Crippen molar-refractivity contribution in [3.8, 4) is 0 Å². The number of fused-ring (bicyclic) bond motifs is 2. The third-order valence-electron chi connectivity index (χ3n) is 5.26. The molecule has 2 aliphatic heterocycles. The van der Waals surface area contributed by atoms with Crippen molar-refractivity contribution in [3.63, 3.8) is 0 Å². The number of hydrogen-bond acceptors (Lipinski definition) is 4. The van der Waals surface area contributed by atoms with Crippen LogP contribution in [0.25, 0.3) is 0 Å². The zero-order chi connectivity index (χ0) is 19.6. The molecule has 2 atom stereocenters. The SMILES string of the molecule is CCCCON1C(=O)N2C[C@@H]1CC[C@H]2C(=O)Sc1ccc(C(C)(C)C)cc1. The van der Waals surface area contributed by atoms with Gasteiger partial charge in [0.2, 0.25) is 5.12 Å². The average molecular weight is 391 g/mol. The van der Waals surface area contributed by atoms with Gasteiger partial charge in [0.1, 0.15) is 6.04 Å². The highest BCUT2D eigenvalue weighted by Gasteiger charge is 2.47. The summed E-state index contributed by atoms with van der Waals surface area (Å²) in [6.45, 7) is 9.76. The van der Waals surface area contributed by atoms with Crippen LogP contribution in [-0.4, -0.2) is 46.3 Å². The van der Waals surface area contributed by atoms with E-state index in [0.29, 0.717) is 19.6 Å². The lowest BCUT2D eigenvalue weighted by Crippen LogP contribution is -2.44. The van der Waals surface area contributed by atoms with Crippen molar-refractivity contribution in [1.29, 1.82) is 0 Å². The van der Waals surface area contributed by atoms with Crippen LogP contribution in [0.15, 0.2) is 29.2 Å². The summed E-state index contributed by atoms with van der Waals surface area (Å²) in [4.78, 5) is 33.8. The van der Waals surface area contributed by atoms with Crippen LogP contribution >= 0.6 is 11.8 Å². The summed E-state index contributed by atoms with van der Waals surface area (Å²) in [5, 5.41) is 1.55. The molecule has 27 heavy (non-hydrogen) atoms. The van der Waals surface area contributed by atoms with Crippen LogP contribution in [0.5, 0.6) is 0 Å². The fourth-order valence-corrected chi connectivity index (χ4v) is 4.44. The standard InChI is InChI=1S/C21H30N2O3S/c1-5-6-13-26-23-16-9-12-18(22(14-16)20(23)25)19(24)27-17-10-7-15(8-11-17)21(2,3)4/h7-8,10-11,16,18H,5-6,9,12-14H2,1-4H3/t16-,18-/m0/s1. The van der Waals surface area contributed by atoms with E-state index in [1.807, 2.05) is 12.1 Å². The van der Waals surface area contributed by atoms with Crippen molar-refractivity contribution in [1.82, 2.24) is 9.96 Å². The van der Waals surface area contributed by atoms with Gasteiger partial charge in [-0.2, -0.15) is 5.06 Å². The van der Waals surface area contributed by atoms with Crippen molar-refractivity contribution in [2.75, 3.05) is 13.2 Å². The number of hydrogen-bond donors (Lipinski definition) is 0. The molecule has 2 heterocycles. The molecule has 0 radical (unpaired) electrons. The van der Waals surface area contributed by atoms with Crippen molar-refractivity contribution < 1.29 is 14.4 Å². The van der Waals surface area contributed by atoms with Crippen LogP contribution in [0.2, 0.25) is 0 Å². The fraction of sp³-hybridized carbons (Fsp3) is 0.619. The maximum absolute atomic E-state index is 12.9. The van der Waals surface area contributed by atoms with E-state index >= 15 is 0 Å². The molecule has 2 saturated heterocycles. The van der Waals surface area contributed by atoms with E-state index < -0.39 is 0 Å². The van der Waals surface area contributed by atoms with Crippen LogP contribution in [0.3, 0.4) is 0 Å². The van der Waals surface area contributed by atoms with Gasteiger partial charge in [-0.1, -0.05) is 46.2 Å². The molecule has 2 amide bonds. The number of nitrogens with zero attached hydrogens (tertiary/aromatic N) is 2. The number of unbranched alkanes of at least 4 members (excludes halogenated alkanes) is 1. The molecule has 0 unspecified atom stereocenters. The van der Waals surface area contributed by atoms with Crippen LogP contribution < -0.4 is 0 Å². The largest absolute Gasteiger partial charge is 0.344 e. The molecule has 0 aliphatic carbocycles. The molecule has 0 aromatic heterocycles. The van der Waals surface area contributed by atoms with Crippen LogP contribution in [-0.2, 0) is 15.0 Å². The molecule has 2 fully saturated rings. The Balaban J connectivity index is 1.62. The lowest BCUT2D eigenvalue weighted by molar-refractivity contribution is -0.130. The molecule has 0 N–H and O–H groups in total. The van der Waals surface area contributed by atoms with Crippen molar-refractivity contribution >= 4 is 22.9 Å². The third kappa shape index (κ3) is 4.49. The summed E-state index contributed by atoms with van der Waals surface area (Å²) in [5.74, 6) is 0. The molecule has 3 rings (SSSR count). The van der Waals surface area contributed by atoms with Gasteiger partial charge in [0, 0.05) is 11.4 Å². The molecule has 2 bridgehead atoms. The Morgan fingerprint density at radius 2 is 1.93 bits per heavy atom. The molecule has 148 valence electrons. The molecule has 6 heteroatoms. The van der Waals surface area contributed by atoms with E-state index in [0.717, 1.165) is 24.2 Å². The third-order valence-corrected chi connectivity index (χ3v) is 6.24. The van der Waals surface area contributed by atoms with Crippen LogP contribution in [0.1, 0.15) is 58.9 Å². The molecular weight excluding hydrogens is 360 g/mol. The quantitative estimate of drug-likeness (QED) is 0.526. The summed E-state index contributed by atoms with van der Waals surface area (Å²) in [6, 6.07) is 7.72. The van der Waals surface area contributed by atoms with Crippen LogP contribution in [0, 0.1) is 0 Å². The normalized spacial score (nSPS) is 22.4. The van der Waals surface area contributed by atoms with E-state index in [4.69, 9.17) is 4.84 Å². The maximum atomic E-state index is 12.9. The van der Waals surface area contributed by atoms with Gasteiger partial charge in [0.05, 0.1) is 12.6 Å². The van der Waals surface area contributed by atoms with E-state index in [1.165, 1.54) is 22.4 Å². The van der Waals surface area contributed by atoms with Gasteiger partial charge in [-0.3, -0.25) is 9.63 Å². The number of hydroxylamine groups is 2. The Hall–Kier alpha value is -1.53. The molecule has 0 spiro atoms. The van der Waals surface area contributed by atoms with E-state index in [1.54, 1.807) is 4.90 Å². The van der Waals surface area contributed by atoms with Crippen LogP contribution in [0.4, 0.5) is 4.79 Å². The lowest BCUT2D eigenvalue weighted by Gasteiger charge is -2.28. The molecule has 1 aromatic rings. The summed E-state index contributed by atoms with van der Waals surface area (Å²) in [6.07, 6.45) is 3.48. The minimum atomic E-state index is -0.360. The Morgan fingerprint density at radius 1 is 1.22 bits per heavy atom. The topological polar surface area (TPSA) is 49.9 Å². The first-order valence-electron chi connectivity index (χ1n) is 9.86. The van der Waals surface area contributed by atoms with E-state index in [9.17, 15) is 9.59 Å². The number of rotatable bonds is 6. The van der Waals surface area contributed by atoms with Gasteiger partial charge in [0.25, 0.3) is 0 Å². The molecule has 1 aromatic carbocycles. The Bertz CT molecular complexity index is 684. The zero-order valence-corrected chi connectivity index (χ0v) is 17.6. The first-order chi connectivity index (χ1) is 12.8. The number of thioether (sulfide) groups is 1. The van der Waals surface area contributed by atoms with Gasteiger partial charge in [0.15, 0.2) is 0 Å².